The fraction of sp³-hybridized carbons (Fsp3) is 0.158. The first-order valence-electron chi connectivity index (χ1n) is 8.01. The molecule has 2 amide bonds. The number of carbonyl (C=O) groups is 2. The van der Waals surface area contributed by atoms with Crippen molar-refractivity contribution in [3.8, 4) is 5.75 Å². The minimum Gasteiger partial charge on any atom is -0.482 e. The van der Waals surface area contributed by atoms with Crippen molar-refractivity contribution >= 4 is 34.1 Å². The first-order chi connectivity index (χ1) is 12.1. The summed E-state index contributed by atoms with van der Waals surface area (Å²) < 4.78 is 7.30. The average Bonchev–Trinajstić information content (AvgIpc) is 2.90. The standard InChI is InChI=1S/C19H17N3O3/c1-12-8-13-4-2-3-5-16(13)22(12)10-18(23)20-14-6-7-17-15(9-14)21-19(24)11-25-17/h2-9H,10-11H2,1H3,(H,20,23)(H,21,24). The molecular weight excluding hydrogens is 318 g/mol. The van der Waals surface area contributed by atoms with Crippen LogP contribution in [0.1, 0.15) is 5.69 Å². The van der Waals surface area contributed by atoms with E-state index in [1.165, 1.54) is 0 Å². The minimum absolute atomic E-state index is 0.0126. The normalized spacial score (nSPS) is 13.1. The van der Waals surface area contributed by atoms with Crippen LogP contribution in [-0.2, 0) is 16.1 Å². The summed E-state index contributed by atoms with van der Waals surface area (Å²) in [5.41, 5.74) is 3.24. The third-order valence-electron chi connectivity index (χ3n) is 4.22. The fourth-order valence-corrected chi connectivity index (χ4v) is 3.06. The van der Waals surface area contributed by atoms with Crippen molar-refractivity contribution in [3.63, 3.8) is 0 Å². The van der Waals surface area contributed by atoms with E-state index in [2.05, 4.69) is 16.7 Å². The molecule has 2 heterocycles. The number of amides is 2. The van der Waals surface area contributed by atoms with E-state index < -0.39 is 0 Å². The van der Waals surface area contributed by atoms with Crippen LogP contribution in [0.25, 0.3) is 10.9 Å². The molecule has 0 radical (unpaired) electrons. The molecule has 0 fully saturated rings. The van der Waals surface area contributed by atoms with Crippen LogP contribution in [0.5, 0.6) is 5.75 Å². The van der Waals surface area contributed by atoms with Gasteiger partial charge in [0.1, 0.15) is 12.3 Å². The number of aromatic nitrogens is 1. The Hall–Kier alpha value is -3.28. The van der Waals surface area contributed by atoms with Crippen LogP contribution in [0.3, 0.4) is 0 Å². The van der Waals surface area contributed by atoms with Gasteiger partial charge in [0.2, 0.25) is 5.91 Å². The third-order valence-corrected chi connectivity index (χ3v) is 4.22. The maximum atomic E-state index is 12.5. The molecule has 0 saturated carbocycles. The van der Waals surface area contributed by atoms with Crippen molar-refractivity contribution in [1.82, 2.24) is 4.57 Å². The van der Waals surface area contributed by atoms with Crippen molar-refractivity contribution in [2.45, 2.75) is 13.5 Å². The number of anilines is 2. The van der Waals surface area contributed by atoms with Crippen molar-refractivity contribution < 1.29 is 14.3 Å². The summed E-state index contributed by atoms with van der Waals surface area (Å²) in [5.74, 6) is 0.266. The zero-order valence-corrected chi connectivity index (χ0v) is 13.7. The number of nitrogens with one attached hydrogen (secondary N) is 2. The molecule has 4 rings (SSSR count). The lowest BCUT2D eigenvalue weighted by molar-refractivity contribution is -0.118. The van der Waals surface area contributed by atoms with Crippen LogP contribution in [-0.4, -0.2) is 23.0 Å². The third kappa shape index (κ3) is 2.94. The highest BCUT2D eigenvalue weighted by Gasteiger charge is 2.17. The van der Waals surface area contributed by atoms with Crippen LogP contribution in [0.15, 0.2) is 48.5 Å². The van der Waals surface area contributed by atoms with Gasteiger partial charge < -0.3 is 19.9 Å². The average molecular weight is 335 g/mol. The minimum atomic E-state index is -0.203. The van der Waals surface area contributed by atoms with Gasteiger partial charge >= 0.3 is 0 Å². The summed E-state index contributed by atoms with van der Waals surface area (Å²) in [5, 5.41) is 6.71. The molecule has 2 aromatic carbocycles. The van der Waals surface area contributed by atoms with E-state index in [0.29, 0.717) is 17.1 Å². The molecule has 0 bridgehead atoms. The lowest BCUT2D eigenvalue weighted by Gasteiger charge is -2.18. The molecule has 0 spiro atoms. The van der Waals surface area contributed by atoms with Gasteiger partial charge in [0.25, 0.3) is 5.91 Å². The molecule has 0 saturated heterocycles. The van der Waals surface area contributed by atoms with E-state index in [1.807, 2.05) is 35.8 Å². The predicted octanol–water partition coefficient (Wildman–Crippen LogP) is 2.92. The molecular formula is C19H17N3O3. The number of carbonyl (C=O) groups excluding carboxylic acids is 2. The number of hydrogen-bond acceptors (Lipinski definition) is 3. The molecule has 2 N–H and O–H groups in total. The van der Waals surface area contributed by atoms with Gasteiger partial charge in [0, 0.05) is 16.9 Å². The summed E-state index contributed by atoms with van der Waals surface area (Å²) in [6.45, 7) is 2.22. The molecule has 0 unspecified atom stereocenters. The van der Waals surface area contributed by atoms with E-state index in [0.717, 1.165) is 16.6 Å². The molecule has 6 heteroatoms. The van der Waals surface area contributed by atoms with Gasteiger partial charge in [0.15, 0.2) is 6.61 Å². The second-order valence-corrected chi connectivity index (χ2v) is 6.03. The summed E-state index contributed by atoms with van der Waals surface area (Å²) in [4.78, 5) is 23.9. The van der Waals surface area contributed by atoms with Crippen LogP contribution in [0.4, 0.5) is 11.4 Å². The SMILES string of the molecule is Cc1cc2ccccc2n1CC(=O)Nc1ccc2c(c1)NC(=O)CO2. The van der Waals surface area contributed by atoms with Gasteiger partial charge in [-0.2, -0.15) is 0 Å². The van der Waals surface area contributed by atoms with Gasteiger partial charge in [-0.25, -0.2) is 0 Å². The largest absolute Gasteiger partial charge is 0.482 e. The highest BCUT2D eigenvalue weighted by Crippen LogP contribution is 2.30. The molecule has 126 valence electrons. The number of aryl methyl sites for hydroxylation is 1. The van der Waals surface area contributed by atoms with Gasteiger partial charge in [-0.15, -0.1) is 0 Å². The molecule has 6 nitrogen and oxygen atoms in total. The van der Waals surface area contributed by atoms with Crippen molar-refractivity contribution in [3.05, 3.63) is 54.2 Å². The van der Waals surface area contributed by atoms with Gasteiger partial charge in [-0.05, 0) is 42.6 Å². The number of ether oxygens (including phenoxy) is 1. The second-order valence-electron chi connectivity index (χ2n) is 6.03. The van der Waals surface area contributed by atoms with Crippen LogP contribution < -0.4 is 15.4 Å². The van der Waals surface area contributed by atoms with E-state index >= 15 is 0 Å². The number of hydrogen-bond donors (Lipinski definition) is 2. The van der Waals surface area contributed by atoms with Gasteiger partial charge in [-0.3, -0.25) is 9.59 Å². The molecule has 1 aromatic heterocycles. The Morgan fingerprint density at radius 1 is 1.24 bits per heavy atom. The quantitative estimate of drug-likeness (QED) is 0.773. The zero-order chi connectivity index (χ0) is 17.4. The number of fused-ring (bicyclic) bond motifs is 2. The molecule has 0 atom stereocenters. The number of nitrogens with zero attached hydrogens (tertiary/aromatic N) is 1. The Kier molecular flexibility index (Phi) is 3.65. The molecule has 0 aliphatic carbocycles. The second kappa shape index (κ2) is 5.98. The van der Waals surface area contributed by atoms with Gasteiger partial charge in [-0.1, -0.05) is 18.2 Å². The van der Waals surface area contributed by atoms with Crippen molar-refractivity contribution in [2.75, 3.05) is 17.2 Å². The number of benzene rings is 2. The van der Waals surface area contributed by atoms with E-state index in [-0.39, 0.29) is 25.0 Å². The van der Waals surface area contributed by atoms with Crippen LogP contribution >= 0.6 is 0 Å². The zero-order valence-electron chi connectivity index (χ0n) is 13.7. The summed E-state index contributed by atoms with van der Waals surface area (Å²) in [7, 11) is 0. The number of para-hydroxylation sites is 1. The van der Waals surface area contributed by atoms with Crippen molar-refractivity contribution in [2.24, 2.45) is 0 Å². The van der Waals surface area contributed by atoms with Crippen LogP contribution in [0, 0.1) is 6.92 Å². The maximum absolute atomic E-state index is 12.5. The molecule has 1 aliphatic heterocycles. The topological polar surface area (TPSA) is 72.4 Å². The first-order valence-corrected chi connectivity index (χ1v) is 8.01. The maximum Gasteiger partial charge on any atom is 0.262 e. The van der Waals surface area contributed by atoms with E-state index in [1.54, 1.807) is 18.2 Å². The summed E-state index contributed by atoms with van der Waals surface area (Å²) in [6, 6.07) is 15.2. The first kappa shape index (κ1) is 15.3. The van der Waals surface area contributed by atoms with Crippen LogP contribution in [0.2, 0.25) is 0 Å². The Balaban J connectivity index is 1.53. The Morgan fingerprint density at radius 2 is 2.08 bits per heavy atom. The van der Waals surface area contributed by atoms with E-state index in [4.69, 9.17) is 4.74 Å². The Bertz CT molecular complexity index is 991. The summed E-state index contributed by atoms with van der Waals surface area (Å²) in [6.07, 6.45) is 0. The predicted molar refractivity (Wildman–Crippen MR) is 95.9 cm³/mol. The highest BCUT2D eigenvalue weighted by atomic mass is 16.5. The Morgan fingerprint density at radius 3 is 2.96 bits per heavy atom. The smallest absolute Gasteiger partial charge is 0.262 e. The molecule has 1 aliphatic rings. The van der Waals surface area contributed by atoms with Crippen molar-refractivity contribution in [1.29, 1.82) is 0 Å². The molecule has 25 heavy (non-hydrogen) atoms. The Labute approximate surface area is 144 Å². The highest BCUT2D eigenvalue weighted by molar-refractivity contribution is 5.98. The monoisotopic (exact) mass is 335 g/mol. The van der Waals surface area contributed by atoms with Gasteiger partial charge in [0.05, 0.1) is 5.69 Å². The lowest BCUT2D eigenvalue weighted by Crippen LogP contribution is -2.25. The number of rotatable bonds is 3. The molecule has 3 aromatic rings. The van der Waals surface area contributed by atoms with E-state index in [9.17, 15) is 9.59 Å². The fourth-order valence-electron chi connectivity index (χ4n) is 3.06. The lowest BCUT2D eigenvalue weighted by atomic mass is 10.2. The summed E-state index contributed by atoms with van der Waals surface area (Å²) >= 11 is 0.